The fourth-order valence-electron chi connectivity index (χ4n) is 2.10. The van der Waals surface area contributed by atoms with Crippen molar-refractivity contribution in [3.63, 3.8) is 0 Å². The summed E-state index contributed by atoms with van der Waals surface area (Å²) in [7, 11) is 0. The van der Waals surface area contributed by atoms with E-state index in [2.05, 4.69) is 20.8 Å². The van der Waals surface area contributed by atoms with E-state index in [1.807, 2.05) is 0 Å². The van der Waals surface area contributed by atoms with Crippen LogP contribution in [-0.2, 0) is 0 Å². The molecule has 1 aliphatic carbocycles. The topological polar surface area (TPSA) is 0 Å². The molecule has 0 saturated heterocycles. The van der Waals surface area contributed by atoms with Crippen LogP contribution in [0, 0.1) is 17.8 Å². The standard InChI is InChI=1S/C10H20/c1-4-9(3)10-6-5-8(2)7-10/h8-10H,4-7H2,1-3H3/t8?,9-,10+/m1/s1. The molecule has 1 fully saturated rings. The molecule has 0 N–H and O–H groups in total. The van der Waals surface area contributed by atoms with Gasteiger partial charge in [0.25, 0.3) is 0 Å². The highest BCUT2D eigenvalue weighted by atomic mass is 14.3. The molecule has 0 aromatic heterocycles. The van der Waals surface area contributed by atoms with Crippen molar-refractivity contribution in [2.45, 2.75) is 46.5 Å². The molecule has 60 valence electrons. The van der Waals surface area contributed by atoms with Crippen LogP contribution in [0.1, 0.15) is 46.5 Å². The van der Waals surface area contributed by atoms with E-state index < -0.39 is 0 Å². The molecule has 1 aliphatic rings. The third-order valence-corrected chi connectivity index (χ3v) is 3.18. The highest BCUT2D eigenvalue weighted by molar-refractivity contribution is 4.75. The Labute approximate surface area is 65.0 Å². The summed E-state index contributed by atoms with van der Waals surface area (Å²) < 4.78 is 0. The Balaban J connectivity index is 2.29. The van der Waals surface area contributed by atoms with Crippen LogP contribution in [0.5, 0.6) is 0 Å². The normalized spacial score (nSPS) is 36.3. The van der Waals surface area contributed by atoms with Crippen molar-refractivity contribution < 1.29 is 0 Å². The van der Waals surface area contributed by atoms with Gasteiger partial charge in [0.2, 0.25) is 0 Å². The molecule has 0 radical (unpaired) electrons. The Bertz CT molecular complexity index is 96.2. The minimum atomic E-state index is 0.977. The van der Waals surface area contributed by atoms with Crippen LogP contribution >= 0.6 is 0 Å². The molecule has 0 heterocycles. The number of hydrogen-bond donors (Lipinski definition) is 0. The highest BCUT2D eigenvalue weighted by Crippen LogP contribution is 2.36. The van der Waals surface area contributed by atoms with E-state index in [0.717, 1.165) is 17.8 Å². The van der Waals surface area contributed by atoms with Crippen LogP contribution in [0.2, 0.25) is 0 Å². The Hall–Kier alpha value is 0. The molecule has 0 bridgehead atoms. The molecule has 1 saturated carbocycles. The quantitative estimate of drug-likeness (QED) is 0.551. The van der Waals surface area contributed by atoms with Crippen molar-refractivity contribution in [1.82, 2.24) is 0 Å². The third-order valence-electron chi connectivity index (χ3n) is 3.18. The third kappa shape index (κ3) is 1.74. The van der Waals surface area contributed by atoms with Gasteiger partial charge in [0.05, 0.1) is 0 Å². The minimum absolute atomic E-state index is 0.977. The van der Waals surface area contributed by atoms with Gasteiger partial charge >= 0.3 is 0 Å². The second-order valence-corrected chi connectivity index (χ2v) is 4.06. The predicted molar refractivity (Wildman–Crippen MR) is 46.0 cm³/mol. The summed E-state index contributed by atoms with van der Waals surface area (Å²) in [5, 5.41) is 0. The molecule has 3 atom stereocenters. The molecular weight excluding hydrogens is 120 g/mol. The van der Waals surface area contributed by atoms with Crippen molar-refractivity contribution in [3.8, 4) is 0 Å². The minimum Gasteiger partial charge on any atom is -0.0651 e. The zero-order valence-corrected chi connectivity index (χ0v) is 7.56. The maximum Gasteiger partial charge on any atom is -0.0386 e. The van der Waals surface area contributed by atoms with E-state index >= 15 is 0 Å². The lowest BCUT2D eigenvalue weighted by molar-refractivity contribution is 0.348. The van der Waals surface area contributed by atoms with E-state index in [-0.39, 0.29) is 0 Å². The van der Waals surface area contributed by atoms with Gasteiger partial charge in [0.1, 0.15) is 0 Å². The lowest BCUT2D eigenvalue weighted by Gasteiger charge is -2.16. The van der Waals surface area contributed by atoms with Crippen molar-refractivity contribution in [2.24, 2.45) is 17.8 Å². The molecule has 0 spiro atoms. The molecule has 1 unspecified atom stereocenters. The summed E-state index contributed by atoms with van der Waals surface area (Å²) in [5.74, 6) is 3.05. The maximum absolute atomic E-state index is 2.41. The van der Waals surface area contributed by atoms with Gasteiger partial charge in [-0.15, -0.1) is 0 Å². The SMILES string of the molecule is CC[C@@H](C)[C@H]1CCC(C)C1. The van der Waals surface area contributed by atoms with E-state index in [9.17, 15) is 0 Å². The van der Waals surface area contributed by atoms with Gasteiger partial charge in [0.15, 0.2) is 0 Å². The van der Waals surface area contributed by atoms with Crippen molar-refractivity contribution in [1.29, 1.82) is 0 Å². The molecule has 1 rings (SSSR count). The van der Waals surface area contributed by atoms with Gasteiger partial charge in [-0.2, -0.15) is 0 Å². The van der Waals surface area contributed by atoms with Gasteiger partial charge < -0.3 is 0 Å². The number of hydrogen-bond acceptors (Lipinski definition) is 0. The summed E-state index contributed by atoms with van der Waals surface area (Å²) in [6, 6.07) is 0. The average molecular weight is 140 g/mol. The first-order valence-electron chi connectivity index (χ1n) is 4.74. The molecule has 0 aromatic rings. The lowest BCUT2D eigenvalue weighted by Crippen LogP contribution is -2.06. The zero-order chi connectivity index (χ0) is 7.56. The monoisotopic (exact) mass is 140 g/mol. The van der Waals surface area contributed by atoms with Gasteiger partial charge in [-0.25, -0.2) is 0 Å². The van der Waals surface area contributed by atoms with Crippen molar-refractivity contribution in [3.05, 3.63) is 0 Å². The van der Waals surface area contributed by atoms with Gasteiger partial charge in [-0.05, 0) is 30.6 Å². The molecule has 0 amide bonds. The van der Waals surface area contributed by atoms with E-state index in [1.165, 1.54) is 25.7 Å². The van der Waals surface area contributed by atoms with Gasteiger partial charge in [-0.3, -0.25) is 0 Å². The van der Waals surface area contributed by atoms with Crippen LogP contribution in [0.15, 0.2) is 0 Å². The summed E-state index contributed by atoms with van der Waals surface area (Å²) in [6.45, 7) is 7.11. The number of rotatable bonds is 2. The predicted octanol–water partition coefficient (Wildman–Crippen LogP) is 3.47. The molecule has 0 heteroatoms. The Kier molecular flexibility index (Phi) is 2.76. The summed E-state index contributed by atoms with van der Waals surface area (Å²) in [4.78, 5) is 0. The van der Waals surface area contributed by atoms with Crippen LogP contribution in [0.4, 0.5) is 0 Å². The van der Waals surface area contributed by atoms with E-state index in [4.69, 9.17) is 0 Å². The van der Waals surface area contributed by atoms with Crippen LogP contribution in [-0.4, -0.2) is 0 Å². The summed E-state index contributed by atoms with van der Waals surface area (Å²) >= 11 is 0. The van der Waals surface area contributed by atoms with E-state index in [1.54, 1.807) is 0 Å². The van der Waals surface area contributed by atoms with Crippen LogP contribution in [0.3, 0.4) is 0 Å². The van der Waals surface area contributed by atoms with Gasteiger partial charge in [-0.1, -0.05) is 33.6 Å². The first-order valence-corrected chi connectivity index (χ1v) is 4.74. The molecule has 10 heavy (non-hydrogen) atoms. The lowest BCUT2D eigenvalue weighted by atomic mass is 9.90. The van der Waals surface area contributed by atoms with Crippen molar-refractivity contribution in [2.75, 3.05) is 0 Å². The van der Waals surface area contributed by atoms with Gasteiger partial charge in [0, 0.05) is 0 Å². The van der Waals surface area contributed by atoms with Crippen LogP contribution in [0.25, 0.3) is 0 Å². The Morgan fingerprint density at radius 1 is 1.40 bits per heavy atom. The Morgan fingerprint density at radius 2 is 2.10 bits per heavy atom. The van der Waals surface area contributed by atoms with E-state index in [0.29, 0.717) is 0 Å². The molecule has 0 aliphatic heterocycles. The van der Waals surface area contributed by atoms with Crippen LogP contribution < -0.4 is 0 Å². The second-order valence-electron chi connectivity index (χ2n) is 4.06. The summed E-state index contributed by atoms with van der Waals surface area (Å²) in [6.07, 6.45) is 5.84. The largest absolute Gasteiger partial charge is 0.0651 e. The first-order chi connectivity index (χ1) is 4.74. The fourth-order valence-corrected chi connectivity index (χ4v) is 2.10. The van der Waals surface area contributed by atoms with Crippen molar-refractivity contribution >= 4 is 0 Å². The highest BCUT2D eigenvalue weighted by Gasteiger charge is 2.24. The Morgan fingerprint density at radius 3 is 2.50 bits per heavy atom. The second kappa shape index (κ2) is 3.41. The fraction of sp³-hybridized carbons (Fsp3) is 1.00. The molecule has 0 nitrogen and oxygen atoms in total. The smallest absolute Gasteiger partial charge is 0.0386 e. The average Bonchev–Trinajstić information content (AvgIpc) is 2.34. The summed E-state index contributed by atoms with van der Waals surface area (Å²) in [5.41, 5.74) is 0. The molecule has 0 aromatic carbocycles. The maximum atomic E-state index is 2.41. The zero-order valence-electron chi connectivity index (χ0n) is 7.56. The first kappa shape index (κ1) is 8.10. The molecular formula is C10H20.